The van der Waals surface area contributed by atoms with Gasteiger partial charge < -0.3 is 0 Å². The largest absolute Gasteiger partial charge is 0.295 e. The number of benzene rings is 1. The van der Waals surface area contributed by atoms with Crippen LogP contribution in [0.25, 0.3) is 10.9 Å². The number of rotatable bonds is 1. The lowest BCUT2D eigenvalue weighted by Gasteiger charge is -2.24. The molecule has 0 spiro atoms. The number of hydrogen-bond donors (Lipinski definition) is 1. The van der Waals surface area contributed by atoms with Crippen LogP contribution in [0, 0.1) is 13.8 Å². The molecule has 2 amide bonds. The SMILES string of the molecule is [2H][C@]1(n2c(C)nc3cccc(C)c3c2=O)CCC(=O)NC1=O. The second kappa shape index (κ2) is 4.80. The third-order valence-corrected chi connectivity index (χ3v) is 3.65. The molecule has 6 nitrogen and oxygen atoms in total. The van der Waals surface area contributed by atoms with Crippen LogP contribution in [0.1, 0.15) is 31.6 Å². The fourth-order valence-electron chi connectivity index (χ4n) is 2.64. The number of hydrogen-bond acceptors (Lipinski definition) is 4. The van der Waals surface area contributed by atoms with Gasteiger partial charge in [0.2, 0.25) is 11.8 Å². The summed E-state index contributed by atoms with van der Waals surface area (Å²) in [4.78, 5) is 40.6. The van der Waals surface area contributed by atoms with E-state index in [0.717, 1.165) is 10.1 Å². The predicted molar refractivity (Wildman–Crippen MR) is 76.9 cm³/mol. The van der Waals surface area contributed by atoms with Crippen LogP contribution in [0.5, 0.6) is 0 Å². The molecular formula is C15H15N3O3. The molecule has 108 valence electrons. The molecule has 21 heavy (non-hydrogen) atoms. The standard InChI is InChI=1S/C15H15N3O3/c1-8-4-3-5-10-13(8)15(21)18(9(2)16-10)11-6-7-12(19)17-14(11)20/h3-5,11H,6-7H2,1-2H3,(H,17,19,20)/t11-/m0/s1/i11D. The Hall–Kier alpha value is -2.50. The van der Waals surface area contributed by atoms with E-state index in [0.29, 0.717) is 10.9 Å². The maximum Gasteiger partial charge on any atom is 0.262 e. The van der Waals surface area contributed by atoms with Gasteiger partial charge in [0.1, 0.15) is 11.8 Å². The zero-order valence-corrected chi connectivity index (χ0v) is 11.8. The molecule has 1 aromatic heterocycles. The summed E-state index contributed by atoms with van der Waals surface area (Å²) in [5.41, 5.74) is 0.842. The number of carbonyl (C=O) groups excluding carboxylic acids is 2. The molecule has 0 radical (unpaired) electrons. The van der Waals surface area contributed by atoms with Crippen molar-refractivity contribution in [3.05, 3.63) is 39.9 Å². The van der Waals surface area contributed by atoms with E-state index in [1.165, 1.54) is 0 Å². The molecule has 3 rings (SSSR count). The molecule has 0 unspecified atom stereocenters. The quantitative estimate of drug-likeness (QED) is 0.793. The van der Waals surface area contributed by atoms with Crippen molar-refractivity contribution in [2.45, 2.75) is 32.7 Å². The maximum atomic E-state index is 12.8. The van der Waals surface area contributed by atoms with E-state index in [9.17, 15) is 14.4 Å². The van der Waals surface area contributed by atoms with Gasteiger partial charge in [-0.3, -0.25) is 24.3 Å². The fourth-order valence-corrected chi connectivity index (χ4v) is 2.64. The van der Waals surface area contributed by atoms with Crippen molar-refractivity contribution < 1.29 is 11.0 Å². The van der Waals surface area contributed by atoms with Crippen molar-refractivity contribution in [3.8, 4) is 0 Å². The normalized spacial score (nSPS) is 23.0. The molecule has 1 atom stereocenters. The first-order valence-electron chi connectivity index (χ1n) is 7.18. The molecule has 1 aliphatic heterocycles. The Bertz CT molecular complexity index is 874. The van der Waals surface area contributed by atoms with Gasteiger partial charge in [-0.05, 0) is 31.9 Å². The van der Waals surface area contributed by atoms with Crippen LogP contribution in [-0.4, -0.2) is 21.4 Å². The minimum atomic E-state index is -1.85. The molecule has 1 fully saturated rings. The van der Waals surface area contributed by atoms with Crippen LogP contribution < -0.4 is 10.9 Å². The number of amides is 2. The van der Waals surface area contributed by atoms with E-state index in [-0.39, 0.29) is 18.7 Å². The van der Waals surface area contributed by atoms with Gasteiger partial charge in [-0.2, -0.15) is 0 Å². The van der Waals surface area contributed by atoms with Crippen molar-refractivity contribution in [1.82, 2.24) is 14.9 Å². The Morgan fingerprint density at radius 2 is 2.10 bits per heavy atom. The molecule has 2 heterocycles. The van der Waals surface area contributed by atoms with Crippen LogP contribution >= 0.6 is 0 Å². The average Bonchev–Trinajstić information content (AvgIpc) is 2.43. The molecule has 1 aromatic carbocycles. The van der Waals surface area contributed by atoms with E-state index < -0.39 is 23.4 Å². The third-order valence-electron chi connectivity index (χ3n) is 3.65. The van der Waals surface area contributed by atoms with E-state index >= 15 is 0 Å². The van der Waals surface area contributed by atoms with Gasteiger partial charge >= 0.3 is 0 Å². The van der Waals surface area contributed by atoms with Crippen molar-refractivity contribution in [1.29, 1.82) is 0 Å². The van der Waals surface area contributed by atoms with Gasteiger partial charge in [0, 0.05) is 6.42 Å². The minimum absolute atomic E-state index is 0.0208. The van der Waals surface area contributed by atoms with E-state index in [1.807, 2.05) is 0 Å². The number of fused-ring (bicyclic) bond motifs is 1. The van der Waals surface area contributed by atoms with Crippen LogP contribution in [0.2, 0.25) is 0 Å². The molecule has 2 aromatic rings. The number of aromatic nitrogens is 2. The zero-order chi connectivity index (χ0) is 16.1. The van der Waals surface area contributed by atoms with Crippen molar-refractivity contribution in [3.63, 3.8) is 0 Å². The summed E-state index contributed by atoms with van der Waals surface area (Å²) in [6.45, 7) is 3.37. The molecule has 0 saturated carbocycles. The molecule has 1 N–H and O–H groups in total. The third kappa shape index (κ3) is 2.12. The summed E-state index contributed by atoms with van der Waals surface area (Å²) in [5.74, 6) is -0.935. The molecule has 0 aliphatic carbocycles. The lowest BCUT2D eigenvalue weighted by molar-refractivity contribution is -0.135. The molecule has 0 bridgehead atoms. The van der Waals surface area contributed by atoms with Gasteiger partial charge in [-0.1, -0.05) is 12.1 Å². The Labute approximate surface area is 122 Å². The minimum Gasteiger partial charge on any atom is -0.295 e. The summed E-state index contributed by atoms with van der Waals surface area (Å²) in [7, 11) is 0. The summed E-state index contributed by atoms with van der Waals surface area (Å²) in [5, 5.41) is 2.53. The summed E-state index contributed by atoms with van der Waals surface area (Å²) in [6, 6.07) is 3.46. The smallest absolute Gasteiger partial charge is 0.262 e. The van der Waals surface area contributed by atoms with Crippen LogP contribution in [0.3, 0.4) is 0 Å². The maximum absolute atomic E-state index is 12.8. The highest BCUT2D eigenvalue weighted by Crippen LogP contribution is 2.20. The van der Waals surface area contributed by atoms with E-state index in [2.05, 4.69) is 10.3 Å². The van der Waals surface area contributed by atoms with Crippen molar-refractivity contribution >= 4 is 22.7 Å². The Kier molecular flexibility index (Phi) is 2.80. The van der Waals surface area contributed by atoms with E-state index in [4.69, 9.17) is 1.37 Å². The van der Waals surface area contributed by atoms with Crippen LogP contribution in [0.4, 0.5) is 0 Å². The zero-order valence-electron chi connectivity index (χ0n) is 12.8. The highest BCUT2D eigenvalue weighted by molar-refractivity contribution is 5.99. The first-order valence-corrected chi connectivity index (χ1v) is 6.68. The van der Waals surface area contributed by atoms with Crippen LogP contribution in [0.15, 0.2) is 23.0 Å². The lowest BCUT2D eigenvalue weighted by Crippen LogP contribution is -2.45. The van der Waals surface area contributed by atoms with Gasteiger partial charge in [0.25, 0.3) is 5.56 Å². The monoisotopic (exact) mass is 286 g/mol. The molecule has 1 aliphatic rings. The summed E-state index contributed by atoms with van der Waals surface area (Å²) in [6.07, 6.45) is -0.0234. The number of carbonyl (C=O) groups is 2. The number of imide groups is 1. The van der Waals surface area contributed by atoms with Crippen LogP contribution in [-0.2, 0) is 9.59 Å². The summed E-state index contributed by atoms with van der Waals surface area (Å²) < 4.78 is 9.53. The number of aryl methyl sites for hydroxylation is 2. The summed E-state index contributed by atoms with van der Waals surface area (Å²) >= 11 is 0. The molecular weight excluding hydrogens is 270 g/mol. The van der Waals surface area contributed by atoms with Gasteiger partial charge in [-0.25, -0.2) is 4.98 Å². The van der Waals surface area contributed by atoms with Gasteiger partial charge in [0.15, 0.2) is 0 Å². The Morgan fingerprint density at radius 3 is 2.81 bits per heavy atom. The second-order valence-electron chi connectivity index (χ2n) is 5.09. The average molecular weight is 286 g/mol. The predicted octanol–water partition coefficient (Wildman–Crippen LogP) is 0.991. The first-order chi connectivity index (χ1) is 10.3. The molecule has 1 saturated heterocycles. The van der Waals surface area contributed by atoms with Crippen molar-refractivity contribution in [2.75, 3.05) is 0 Å². The highest BCUT2D eigenvalue weighted by atomic mass is 16.2. The number of piperidine rings is 1. The van der Waals surface area contributed by atoms with E-state index in [1.54, 1.807) is 32.0 Å². The van der Waals surface area contributed by atoms with Gasteiger partial charge in [-0.15, -0.1) is 0 Å². The Balaban J connectivity index is 2.32. The highest BCUT2D eigenvalue weighted by Gasteiger charge is 2.30. The fraction of sp³-hybridized carbons (Fsp3) is 0.333. The number of nitrogens with zero attached hydrogens (tertiary/aromatic N) is 2. The van der Waals surface area contributed by atoms with Gasteiger partial charge in [0.05, 0.1) is 12.3 Å². The number of nitrogens with one attached hydrogen (secondary N) is 1. The first kappa shape index (κ1) is 12.3. The lowest BCUT2D eigenvalue weighted by atomic mass is 10.0. The Morgan fingerprint density at radius 1 is 1.33 bits per heavy atom. The topological polar surface area (TPSA) is 81.1 Å². The second-order valence-corrected chi connectivity index (χ2v) is 5.09. The van der Waals surface area contributed by atoms with Crippen molar-refractivity contribution in [2.24, 2.45) is 0 Å². The molecule has 6 heteroatoms.